The van der Waals surface area contributed by atoms with Crippen LogP contribution in [0.2, 0.25) is 0 Å². The Balaban J connectivity index is 2.85. The first-order valence-electron chi connectivity index (χ1n) is 7.67. The summed E-state index contributed by atoms with van der Waals surface area (Å²) < 4.78 is 0. The van der Waals surface area contributed by atoms with Gasteiger partial charge in [-0.25, -0.2) is 0 Å². The molecule has 0 radical (unpaired) electrons. The topological polar surface area (TPSA) is 32.3 Å². The molecule has 19 heavy (non-hydrogen) atoms. The van der Waals surface area contributed by atoms with Crippen LogP contribution in [0.4, 0.5) is 0 Å². The monoisotopic (exact) mass is 268 g/mol. The van der Waals surface area contributed by atoms with Gasteiger partial charge in [-0.1, -0.05) is 48.5 Å². The lowest BCUT2D eigenvalue weighted by molar-refractivity contribution is -0.144. The quantitative estimate of drug-likeness (QED) is 0.853. The Hall–Kier alpha value is -0.570. The third-order valence-electron chi connectivity index (χ3n) is 3.90. The maximum Gasteiger partial charge on any atom is 0.228 e. The SMILES string of the molecule is CC(C)CC1CNC(C(C)C)CN1C(=O)C(C)(C)C. The number of hydrogen-bond acceptors (Lipinski definition) is 2. The van der Waals surface area contributed by atoms with Crippen molar-refractivity contribution in [3.63, 3.8) is 0 Å². The minimum absolute atomic E-state index is 0.284. The molecular weight excluding hydrogens is 236 g/mol. The molecule has 2 atom stereocenters. The summed E-state index contributed by atoms with van der Waals surface area (Å²) in [5.41, 5.74) is -0.284. The first-order valence-corrected chi connectivity index (χ1v) is 7.67. The third-order valence-corrected chi connectivity index (χ3v) is 3.90. The Bertz CT molecular complexity index is 304. The molecule has 1 fully saturated rings. The summed E-state index contributed by atoms with van der Waals surface area (Å²) >= 11 is 0. The zero-order valence-corrected chi connectivity index (χ0v) is 13.8. The number of nitrogens with one attached hydrogen (secondary N) is 1. The summed E-state index contributed by atoms with van der Waals surface area (Å²) in [6.45, 7) is 16.8. The van der Waals surface area contributed by atoms with Gasteiger partial charge in [0.1, 0.15) is 0 Å². The summed E-state index contributed by atoms with van der Waals surface area (Å²) in [6.07, 6.45) is 1.08. The summed E-state index contributed by atoms with van der Waals surface area (Å²) in [7, 11) is 0. The van der Waals surface area contributed by atoms with Gasteiger partial charge in [0, 0.05) is 30.6 Å². The van der Waals surface area contributed by atoms with E-state index in [-0.39, 0.29) is 5.41 Å². The summed E-state index contributed by atoms with van der Waals surface area (Å²) in [5, 5.41) is 3.62. The van der Waals surface area contributed by atoms with E-state index in [1.807, 2.05) is 20.8 Å². The van der Waals surface area contributed by atoms with Crippen LogP contribution in [0.3, 0.4) is 0 Å². The van der Waals surface area contributed by atoms with Crippen molar-refractivity contribution < 1.29 is 4.79 Å². The van der Waals surface area contributed by atoms with Gasteiger partial charge in [-0.2, -0.15) is 0 Å². The molecule has 1 heterocycles. The Morgan fingerprint density at radius 2 is 1.84 bits per heavy atom. The van der Waals surface area contributed by atoms with E-state index in [9.17, 15) is 4.79 Å². The molecule has 0 aromatic carbocycles. The molecule has 0 aromatic heterocycles. The molecule has 1 rings (SSSR count). The zero-order valence-electron chi connectivity index (χ0n) is 13.8. The number of amides is 1. The van der Waals surface area contributed by atoms with Crippen molar-refractivity contribution in [2.24, 2.45) is 17.3 Å². The van der Waals surface area contributed by atoms with E-state index in [1.165, 1.54) is 0 Å². The summed E-state index contributed by atoms with van der Waals surface area (Å²) in [5.74, 6) is 1.48. The van der Waals surface area contributed by atoms with Crippen molar-refractivity contribution in [3.8, 4) is 0 Å². The van der Waals surface area contributed by atoms with Gasteiger partial charge in [0.05, 0.1) is 0 Å². The molecule has 112 valence electrons. The van der Waals surface area contributed by atoms with Crippen LogP contribution in [-0.4, -0.2) is 36.0 Å². The van der Waals surface area contributed by atoms with Crippen LogP contribution >= 0.6 is 0 Å². The molecule has 1 aliphatic rings. The van der Waals surface area contributed by atoms with Gasteiger partial charge in [0.15, 0.2) is 0 Å². The van der Waals surface area contributed by atoms with Crippen molar-refractivity contribution in [2.45, 2.75) is 67.0 Å². The molecule has 0 aromatic rings. The first kappa shape index (κ1) is 16.5. The van der Waals surface area contributed by atoms with Gasteiger partial charge in [0.25, 0.3) is 0 Å². The van der Waals surface area contributed by atoms with Crippen LogP contribution in [0.1, 0.15) is 54.9 Å². The van der Waals surface area contributed by atoms with E-state index in [1.54, 1.807) is 0 Å². The normalized spacial score (nSPS) is 25.2. The van der Waals surface area contributed by atoms with E-state index >= 15 is 0 Å². The average molecular weight is 268 g/mol. The van der Waals surface area contributed by atoms with Crippen molar-refractivity contribution >= 4 is 5.91 Å². The molecule has 1 amide bonds. The molecule has 0 saturated carbocycles. The number of carbonyl (C=O) groups is 1. The van der Waals surface area contributed by atoms with Gasteiger partial charge < -0.3 is 10.2 Å². The largest absolute Gasteiger partial charge is 0.336 e. The van der Waals surface area contributed by atoms with Crippen LogP contribution < -0.4 is 5.32 Å². The fourth-order valence-electron chi connectivity index (χ4n) is 2.70. The lowest BCUT2D eigenvalue weighted by atomic mass is 9.89. The molecule has 0 bridgehead atoms. The standard InChI is InChI=1S/C16H32N2O/c1-11(2)8-13-9-17-14(12(3)4)10-18(13)15(19)16(5,6)7/h11-14,17H,8-10H2,1-7H3. The van der Waals surface area contributed by atoms with Gasteiger partial charge in [0.2, 0.25) is 5.91 Å². The first-order chi connectivity index (χ1) is 8.62. The van der Waals surface area contributed by atoms with Gasteiger partial charge in [-0.15, -0.1) is 0 Å². The minimum Gasteiger partial charge on any atom is -0.336 e. The Morgan fingerprint density at radius 1 is 1.26 bits per heavy atom. The maximum atomic E-state index is 12.7. The van der Waals surface area contributed by atoms with E-state index in [4.69, 9.17) is 0 Å². The highest BCUT2D eigenvalue weighted by atomic mass is 16.2. The summed E-state index contributed by atoms with van der Waals surface area (Å²) in [4.78, 5) is 14.8. The molecule has 1 N–H and O–H groups in total. The Morgan fingerprint density at radius 3 is 2.26 bits per heavy atom. The lowest BCUT2D eigenvalue weighted by Gasteiger charge is -2.44. The van der Waals surface area contributed by atoms with E-state index < -0.39 is 0 Å². The number of nitrogens with zero attached hydrogens (tertiary/aromatic N) is 1. The average Bonchev–Trinajstić information content (AvgIpc) is 2.26. The number of carbonyl (C=O) groups excluding carboxylic acids is 1. The lowest BCUT2D eigenvalue weighted by Crippen LogP contribution is -2.61. The number of piperazine rings is 1. The third kappa shape index (κ3) is 4.48. The second kappa shape index (κ2) is 6.25. The van der Waals surface area contributed by atoms with Gasteiger partial charge >= 0.3 is 0 Å². The minimum atomic E-state index is -0.284. The highest BCUT2D eigenvalue weighted by Crippen LogP contribution is 2.25. The zero-order chi connectivity index (χ0) is 14.8. The fraction of sp³-hybridized carbons (Fsp3) is 0.938. The Labute approximate surface area is 119 Å². The predicted molar refractivity (Wildman–Crippen MR) is 81.0 cm³/mol. The van der Waals surface area contributed by atoms with E-state index in [2.05, 4.69) is 37.9 Å². The second-order valence-corrected chi connectivity index (χ2v) is 7.75. The second-order valence-electron chi connectivity index (χ2n) is 7.75. The molecule has 1 aliphatic heterocycles. The molecular formula is C16H32N2O. The maximum absolute atomic E-state index is 12.7. The highest BCUT2D eigenvalue weighted by molar-refractivity contribution is 5.82. The smallest absolute Gasteiger partial charge is 0.228 e. The highest BCUT2D eigenvalue weighted by Gasteiger charge is 2.37. The molecule has 3 heteroatoms. The van der Waals surface area contributed by atoms with Crippen LogP contribution in [0.5, 0.6) is 0 Å². The number of hydrogen-bond donors (Lipinski definition) is 1. The van der Waals surface area contributed by atoms with Crippen molar-refractivity contribution in [1.29, 1.82) is 0 Å². The number of rotatable bonds is 3. The summed E-state index contributed by atoms with van der Waals surface area (Å²) in [6, 6.07) is 0.774. The van der Waals surface area contributed by atoms with Crippen molar-refractivity contribution in [3.05, 3.63) is 0 Å². The molecule has 1 saturated heterocycles. The van der Waals surface area contributed by atoms with E-state index in [0.29, 0.717) is 29.8 Å². The van der Waals surface area contributed by atoms with Gasteiger partial charge in [-0.3, -0.25) is 4.79 Å². The molecule has 3 nitrogen and oxygen atoms in total. The Kier molecular flexibility index (Phi) is 5.43. The molecule has 2 unspecified atom stereocenters. The molecule has 0 aliphatic carbocycles. The molecule has 0 spiro atoms. The van der Waals surface area contributed by atoms with E-state index in [0.717, 1.165) is 19.5 Å². The van der Waals surface area contributed by atoms with Crippen molar-refractivity contribution in [1.82, 2.24) is 10.2 Å². The van der Waals surface area contributed by atoms with Crippen LogP contribution in [0.15, 0.2) is 0 Å². The van der Waals surface area contributed by atoms with Gasteiger partial charge in [-0.05, 0) is 18.3 Å². The predicted octanol–water partition coefficient (Wildman–Crippen LogP) is 2.90. The van der Waals surface area contributed by atoms with Crippen LogP contribution in [-0.2, 0) is 4.79 Å². The fourth-order valence-corrected chi connectivity index (χ4v) is 2.70. The van der Waals surface area contributed by atoms with Crippen LogP contribution in [0.25, 0.3) is 0 Å². The van der Waals surface area contributed by atoms with Crippen LogP contribution in [0, 0.1) is 17.3 Å². The van der Waals surface area contributed by atoms with Crippen molar-refractivity contribution in [2.75, 3.05) is 13.1 Å².